The number of hydrogen-bond acceptors (Lipinski definition) is 3. The Hall–Kier alpha value is -1.10. The van der Waals surface area contributed by atoms with Crippen LogP contribution in [0.2, 0.25) is 0 Å². The second-order valence-corrected chi connectivity index (χ2v) is 1.91. The molecule has 0 aliphatic heterocycles. The van der Waals surface area contributed by atoms with Gasteiger partial charge in [-0.2, -0.15) is 0 Å². The second-order valence-electron chi connectivity index (χ2n) is 1.91. The average Bonchev–Trinajstić information content (AvgIpc) is 2.05. The summed E-state index contributed by atoms with van der Waals surface area (Å²) in [5.74, 6) is -0.465. The molecule has 0 unspecified atom stereocenters. The van der Waals surface area contributed by atoms with Crippen molar-refractivity contribution in [2.45, 2.75) is 13.0 Å². The zero-order valence-corrected chi connectivity index (χ0v) is 5.67. The van der Waals surface area contributed by atoms with E-state index in [4.69, 9.17) is 5.73 Å². The summed E-state index contributed by atoms with van der Waals surface area (Å²) in [6.07, 6.45) is -1.35. The van der Waals surface area contributed by atoms with Crippen LogP contribution in [0.15, 0.2) is 12.3 Å². The Kier molecular flexibility index (Phi) is 2.43. The first-order valence-corrected chi connectivity index (χ1v) is 3.04. The summed E-state index contributed by atoms with van der Waals surface area (Å²) < 4.78 is 23.8. The fourth-order valence-electron chi connectivity index (χ4n) is 0.632. The molecule has 0 aromatic carbocycles. The highest BCUT2D eigenvalue weighted by Gasteiger charge is 2.09. The van der Waals surface area contributed by atoms with Crippen molar-refractivity contribution in [1.82, 2.24) is 9.97 Å². The van der Waals surface area contributed by atoms with Gasteiger partial charge in [0.1, 0.15) is 0 Å². The van der Waals surface area contributed by atoms with E-state index in [0.29, 0.717) is 5.69 Å². The predicted octanol–water partition coefficient (Wildman–Crippen LogP) is 0.873. The molecule has 2 N–H and O–H groups in total. The molecule has 0 amide bonds. The van der Waals surface area contributed by atoms with Crippen molar-refractivity contribution < 1.29 is 8.78 Å². The van der Waals surface area contributed by atoms with E-state index >= 15 is 0 Å². The molecule has 0 fully saturated rings. The minimum absolute atomic E-state index is 0.155. The van der Waals surface area contributed by atoms with Crippen LogP contribution in [-0.4, -0.2) is 9.97 Å². The van der Waals surface area contributed by atoms with Gasteiger partial charge in [0.15, 0.2) is 5.82 Å². The summed E-state index contributed by atoms with van der Waals surface area (Å²) in [6, 6.07) is 1.51. The Labute approximate surface area is 62.3 Å². The van der Waals surface area contributed by atoms with Gasteiger partial charge in [-0.15, -0.1) is 0 Å². The zero-order valence-electron chi connectivity index (χ0n) is 5.67. The van der Waals surface area contributed by atoms with Crippen LogP contribution in [0.5, 0.6) is 0 Å². The number of nitrogens with zero attached hydrogens (tertiary/aromatic N) is 2. The third kappa shape index (κ3) is 1.91. The van der Waals surface area contributed by atoms with Crippen molar-refractivity contribution in [3.8, 4) is 0 Å². The molecule has 0 aliphatic carbocycles. The Balaban J connectivity index is 2.91. The summed E-state index contributed by atoms with van der Waals surface area (Å²) in [5.41, 5.74) is 5.61. The molecule has 0 atom stereocenters. The third-order valence-corrected chi connectivity index (χ3v) is 1.14. The van der Waals surface area contributed by atoms with Gasteiger partial charge in [0.25, 0.3) is 6.43 Å². The smallest absolute Gasteiger partial charge is 0.297 e. The van der Waals surface area contributed by atoms with Crippen LogP contribution in [0.1, 0.15) is 17.9 Å². The SMILES string of the molecule is NCc1ccnc(C(F)F)n1. The Morgan fingerprint density at radius 2 is 2.27 bits per heavy atom. The minimum atomic E-state index is -2.62. The minimum Gasteiger partial charge on any atom is -0.325 e. The van der Waals surface area contributed by atoms with E-state index in [2.05, 4.69) is 9.97 Å². The molecule has 1 rings (SSSR count). The summed E-state index contributed by atoms with van der Waals surface area (Å²) >= 11 is 0. The van der Waals surface area contributed by atoms with Crippen LogP contribution in [0.4, 0.5) is 8.78 Å². The van der Waals surface area contributed by atoms with Crippen LogP contribution < -0.4 is 5.73 Å². The molecule has 1 aromatic heterocycles. The first-order valence-electron chi connectivity index (χ1n) is 3.04. The summed E-state index contributed by atoms with van der Waals surface area (Å²) in [6.45, 7) is 0.155. The first kappa shape index (κ1) is 8.00. The number of halogens is 2. The summed E-state index contributed by atoms with van der Waals surface area (Å²) in [4.78, 5) is 6.87. The van der Waals surface area contributed by atoms with Crippen LogP contribution in [0, 0.1) is 0 Å². The van der Waals surface area contributed by atoms with Gasteiger partial charge in [-0.25, -0.2) is 18.7 Å². The van der Waals surface area contributed by atoms with Gasteiger partial charge in [0.05, 0.1) is 5.69 Å². The van der Waals surface area contributed by atoms with E-state index in [1.54, 1.807) is 0 Å². The van der Waals surface area contributed by atoms with Crippen molar-refractivity contribution in [3.05, 3.63) is 23.8 Å². The van der Waals surface area contributed by atoms with Gasteiger partial charge < -0.3 is 5.73 Å². The topological polar surface area (TPSA) is 51.8 Å². The monoisotopic (exact) mass is 159 g/mol. The van der Waals surface area contributed by atoms with Gasteiger partial charge in [0.2, 0.25) is 0 Å². The standard InChI is InChI=1S/C6H7F2N3/c7-5(8)6-10-2-1-4(3-9)11-6/h1-2,5H,3,9H2. The third-order valence-electron chi connectivity index (χ3n) is 1.14. The summed E-state index contributed by atoms with van der Waals surface area (Å²) in [7, 11) is 0. The highest BCUT2D eigenvalue weighted by Crippen LogP contribution is 2.12. The molecular formula is C6H7F2N3. The van der Waals surface area contributed by atoms with Gasteiger partial charge in [-0.05, 0) is 6.07 Å². The quantitative estimate of drug-likeness (QED) is 0.696. The van der Waals surface area contributed by atoms with E-state index < -0.39 is 12.2 Å². The first-order chi connectivity index (χ1) is 5.24. The maximum absolute atomic E-state index is 11.9. The Bertz CT molecular complexity index is 239. The number of alkyl halides is 2. The Morgan fingerprint density at radius 3 is 2.82 bits per heavy atom. The van der Waals surface area contributed by atoms with Crippen molar-refractivity contribution in [2.75, 3.05) is 0 Å². The number of hydrogen-bond donors (Lipinski definition) is 1. The van der Waals surface area contributed by atoms with Crippen LogP contribution in [0.25, 0.3) is 0 Å². The predicted molar refractivity (Wildman–Crippen MR) is 34.9 cm³/mol. The lowest BCUT2D eigenvalue weighted by Gasteiger charge is -1.98. The summed E-state index contributed by atoms with van der Waals surface area (Å²) in [5, 5.41) is 0. The van der Waals surface area contributed by atoms with Gasteiger partial charge >= 0.3 is 0 Å². The van der Waals surface area contributed by atoms with Crippen LogP contribution >= 0.6 is 0 Å². The van der Waals surface area contributed by atoms with E-state index in [0.717, 1.165) is 0 Å². The maximum Gasteiger partial charge on any atom is 0.297 e. The van der Waals surface area contributed by atoms with E-state index in [9.17, 15) is 8.78 Å². The molecular weight excluding hydrogens is 152 g/mol. The van der Waals surface area contributed by atoms with E-state index in [1.165, 1.54) is 12.3 Å². The highest BCUT2D eigenvalue weighted by molar-refractivity contribution is 5.02. The fourth-order valence-corrected chi connectivity index (χ4v) is 0.632. The van der Waals surface area contributed by atoms with Crippen molar-refractivity contribution >= 4 is 0 Å². The normalized spacial score (nSPS) is 10.5. The molecule has 5 heteroatoms. The number of aromatic nitrogens is 2. The van der Waals surface area contributed by atoms with Gasteiger partial charge in [0, 0.05) is 12.7 Å². The molecule has 1 heterocycles. The lowest BCUT2D eigenvalue weighted by molar-refractivity contribution is 0.140. The molecule has 3 nitrogen and oxygen atoms in total. The van der Waals surface area contributed by atoms with Gasteiger partial charge in [-0.1, -0.05) is 0 Å². The average molecular weight is 159 g/mol. The van der Waals surface area contributed by atoms with Gasteiger partial charge in [-0.3, -0.25) is 0 Å². The van der Waals surface area contributed by atoms with E-state index in [1.807, 2.05) is 0 Å². The molecule has 0 aliphatic rings. The van der Waals surface area contributed by atoms with Crippen LogP contribution in [-0.2, 0) is 6.54 Å². The van der Waals surface area contributed by atoms with Crippen molar-refractivity contribution in [1.29, 1.82) is 0 Å². The lowest BCUT2D eigenvalue weighted by atomic mass is 10.4. The molecule has 0 saturated heterocycles. The number of nitrogens with two attached hydrogens (primary N) is 1. The largest absolute Gasteiger partial charge is 0.325 e. The Morgan fingerprint density at radius 1 is 1.55 bits per heavy atom. The number of rotatable bonds is 2. The van der Waals surface area contributed by atoms with Crippen LogP contribution in [0.3, 0.4) is 0 Å². The zero-order chi connectivity index (χ0) is 8.27. The molecule has 60 valence electrons. The molecule has 11 heavy (non-hydrogen) atoms. The fraction of sp³-hybridized carbons (Fsp3) is 0.333. The molecule has 0 radical (unpaired) electrons. The maximum atomic E-state index is 11.9. The highest BCUT2D eigenvalue weighted by atomic mass is 19.3. The van der Waals surface area contributed by atoms with Crippen molar-refractivity contribution in [2.24, 2.45) is 5.73 Å². The molecule has 0 saturated carbocycles. The molecule has 1 aromatic rings. The second kappa shape index (κ2) is 3.34. The lowest BCUT2D eigenvalue weighted by Crippen LogP contribution is -2.03. The molecule has 0 bridgehead atoms. The molecule has 0 spiro atoms. The van der Waals surface area contributed by atoms with E-state index in [-0.39, 0.29) is 6.54 Å². The van der Waals surface area contributed by atoms with Crippen molar-refractivity contribution in [3.63, 3.8) is 0 Å².